The van der Waals surface area contributed by atoms with E-state index in [1.54, 1.807) is 4.90 Å². The number of nitrogens with zero attached hydrogens (tertiary/aromatic N) is 2. The number of aryl methyl sites for hydroxylation is 1. The summed E-state index contributed by atoms with van der Waals surface area (Å²) < 4.78 is 0. The lowest BCUT2D eigenvalue weighted by Gasteiger charge is -2.16. The Morgan fingerprint density at radius 1 is 1.12 bits per heavy atom. The third kappa shape index (κ3) is 3.82. The van der Waals surface area contributed by atoms with Gasteiger partial charge in [0, 0.05) is 12.0 Å². The van der Waals surface area contributed by atoms with Crippen LogP contribution in [0.1, 0.15) is 42.9 Å². The predicted molar refractivity (Wildman–Crippen MR) is 101 cm³/mol. The number of hydrogen-bond donors (Lipinski definition) is 0. The maximum Gasteiger partial charge on any atom is 0.335 e. The van der Waals surface area contributed by atoms with Gasteiger partial charge in [-0.3, -0.25) is 4.79 Å². The number of unbranched alkanes of at least 4 members (excludes halogenated alkanes) is 1. The van der Waals surface area contributed by atoms with Gasteiger partial charge < -0.3 is 9.74 Å². The Kier molecular flexibility index (Phi) is 5.46. The van der Waals surface area contributed by atoms with E-state index in [1.807, 2.05) is 62.4 Å². The molecule has 5 nitrogen and oxygen atoms in total. The molecule has 1 aliphatic rings. The molecular formula is C21H22N2O3. The van der Waals surface area contributed by atoms with Crippen molar-refractivity contribution < 1.29 is 14.4 Å². The van der Waals surface area contributed by atoms with Gasteiger partial charge >= 0.3 is 5.97 Å². The second kappa shape index (κ2) is 7.95. The Hall–Kier alpha value is -2.95. The predicted octanol–water partition coefficient (Wildman–Crippen LogP) is 3.98. The highest BCUT2D eigenvalue weighted by Gasteiger charge is 2.34. The van der Waals surface area contributed by atoms with E-state index < -0.39 is 5.97 Å². The van der Waals surface area contributed by atoms with E-state index in [1.165, 1.54) is 5.56 Å². The first-order valence-corrected chi connectivity index (χ1v) is 8.84. The summed E-state index contributed by atoms with van der Waals surface area (Å²) in [6.07, 6.45) is 1.95. The largest absolute Gasteiger partial charge is 0.335 e. The Labute approximate surface area is 153 Å². The molecule has 1 amide bonds. The average Bonchev–Trinajstić information content (AvgIpc) is 2.91. The van der Waals surface area contributed by atoms with Gasteiger partial charge in [-0.2, -0.15) is 0 Å². The van der Waals surface area contributed by atoms with Crippen LogP contribution in [0.5, 0.6) is 0 Å². The number of anilines is 1. The third-order valence-corrected chi connectivity index (χ3v) is 4.33. The standard InChI is InChI=1S/C21H22N2O3/c1-3-4-9-19(24)26-22-20-17-7-5-6-8-18(17)23(21(20)25)14-16-12-10-15(2)11-13-16/h5-8,10-13H,3-4,9,14H2,1-2H3/b22-20-. The zero-order valence-electron chi connectivity index (χ0n) is 15.1. The van der Waals surface area contributed by atoms with E-state index in [-0.39, 0.29) is 11.6 Å². The third-order valence-electron chi connectivity index (χ3n) is 4.33. The maximum atomic E-state index is 12.9. The Morgan fingerprint density at radius 3 is 2.58 bits per heavy atom. The summed E-state index contributed by atoms with van der Waals surface area (Å²) in [7, 11) is 0. The van der Waals surface area contributed by atoms with Gasteiger partial charge in [0.25, 0.3) is 5.91 Å². The van der Waals surface area contributed by atoms with Crippen molar-refractivity contribution in [1.82, 2.24) is 0 Å². The van der Waals surface area contributed by atoms with Crippen LogP contribution in [0.25, 0.3) is 0 Å². The van der Waals surface area contributed by atoms with Crippen molar-refractivity contribution in [2.75, 3.05) is 4.90 Å². The van der Waals surface area contributed by atoms with Crippen molar-refractivity contribution in [1.29, 1.82) is 0 Å². The second-order valence-electron chi connectivity index (χ2n) is 6.40. The van der Waals surface area contributed by atoms with E-state index >= 15 is 0 Å². The highest BCUT2D eigenvalue weighted by molar-refractivity contribution is 6.54. The smallest absolute Gasteiger partial charge is 0.317 e. The average molecular weight is 350 g/mol. The van der Waals surface area contributed by atoms with E-state index in [0.29, 0.717) is 18.5 Å². The van der Waals surface area contributed by atoms with Crippen LogP contribution in [0.15, 0.2) is 53.7 Å². The SMILES string of the molecule is CCCCC(=O)O/N=C1\C(=O)N(Cc2ccc(C)cc2)c2ccccc21. The van der Waals surface area contributed by atoms with Gasteiger partial charge in [0.05, 0.1) is 12.2 Å². The molecule has 0 aromatic heterocycles. The van der Waals surface area contributed by atoms with Gasteiger partial charge in [-0.1, -0.05) is 66.5 Å². The minimum Gasteiger partial charge on any atom is -0.317 e. The van der Waals surface area contributed by atoms with Crippen molar-refractivity contribution in [2.24, 2.45) is 5.16 Å². The summed E-state index contributed by atoms with van der Waals surface area (Å²) >= 11 is 0. The zero-order chi connectivity index (χ0) is 18.5. The van der Waals surface area contributed by atoms with Crippen molar-refractivity contribution in [3.05, 3.63) is 65.2 Å². The van der Waals surface area contributed by atoms with Gasteiger partial charge in [0.1, 0.15) is 0 Å². The van der Waals surface area contributed by atoms with E-state index in [9.17, 15) is 9.59 Å². The molecule has 0 saturated carbocycles. The highest BCUT2D eigenvalue weighted by Crippen LogP contribution is 2.30. The Balaban J connectivity index is 1.83. The van der Waals surface area contributed by atoms with Crippen molar-refractivity contribution >= 4 is 23.3 Å². The number of fused-ring (bicyclic) bond motifs is 1. The number of hydrogen-bond acceptors (Lipinski definition) is 4. The molecule has 26 heavy (non-hydrogen) atoms. The van der Waals surface area contributed by atoms with Crippen LogP contribution in [-0.2, 0) is 21.0 Å². The van der Waals surface area contributed by atoms with E-state index in [4.69, 9.17) is 4.84 Å². The molecule has 2 aromatic rings. The summed E-state index contributed by atoms with van der Waals surface area (Å²) in [4.78, 5) is 31.2. The minimum absolute atomic E-state index is 0.178. The second-order valence-corrected chi connectivity index (χ2v) is 6.40. The van der Waals surface area contributed by atoms with E-state index in [2.05, 4.69) is 5.16 Å². The van der Waals surface area contributed by atoms with Crippen LogP contribution in [0.4, 0.5) is 5.69 Å². The molecule has 0 spiro atoms. The van der Waals surface area contributed by atoms with Gasteiger partial charge in [0.15, 0.2) is 5.71 Å². The molecule has 0 radical (unpaired) electrons. The summed E-state index contributed by atoms with van der Waals surface area (Å²) in [6, 6.07) is 15.5. The van der Waals surface area contributed by atoms with Crippen LogP contribution in [-0.4, -0.2) is 17.6 Å². The summed E-state index contributed by atoms with van der Waals surface area (Å²) in [6.45, 7) is 4.47. The summed E-state index contributed by atoms with van der Waals surface area (Å²) in [5, 5.41) is 3.88. The van der Waals surface area contributed by atoms with Gasteiger partial charge in [-0.25, -0.2) is 4.79 Å². The lowest BCUT2D eigenvalue weighted by atomic mass is 10.1. The Morgan fingerprint density at radius 2 is 1.85 bits per heavy atom. The number of carbonyl (C=O) groups excluding carboxylic acids is 2. The maximum absolute atomic E-state index is 12.9. The van der Waals surface area contributed by atoms with Crippen molar-refractivity contribution in [3.8, 4) is 0 Å². The zero-order valence-corrected chi connectivity index (χ0v) is 15.1. The molecule has 0 atom stereocenters. The molecule has 3 rings (SSSR count). The number of benzene rings is 2. The number of amides is 1. The molecule has 2 aromatic carbocycles. The first kappa shape index (κ1) is 17.9. The first-order chi connectivity index (χ1) is 12.6. The van der Waals surface area contributed by atoms with Crippen LogP contribution >= 0.6 is 0 Å². The van der Waals surface area contributed by atoms with Crippen LogP contribution in [0.3, 0.4) is 0 Å². The topological polar surface area (TPSA) is 59.0 Å². The molecule has 0 N–H and O–H groups in total. The van der Waals surface area contributed by atoms with Gasteiger partial charge in [-0.05, 0) is 25.0 Å². The Bertz CT molecular complexity index is 841. The van der Waals surface area contributed by atoms with Crippen molar-refractivity contribution in [3.63, 3.8) is 0 Å². The van der Waals surface area contributed by atoms with Gasteiger partial charge in [0.2, 0.25) is 0 Å². The molecular weight excluding hydrogens is 328 g/mol. The monoisotopic (exact) mass is 350 g/mol. The molecule has 5 heteroatoms. The number of para-hydroxylation sites is 1. The van der Waals surface area contributed by atoms with E-state index in [0.717, 1.165) is 24.1 Å². The van der Waals surface area contributed by atoms with Crippen LogP contribution < -0.4 is 4.90 Å². The minimum atomic E-state index is -0.415. The molecule has 0 saturated heterocycles. The van der Waals surface area contributed by atoms with Crippen molar-refractivity contribution in [2.45, 2.75) is 39.7 Å². The molecule has 1 aliphatic heterocycles. The number of rotatable bonds is 6. The normalized spacial score (nSPS) is 14.6. The quantitative estimate of drug-likeness (QED) is 0.585. The number of carbonyl (C=O) groups is 2. The fraction of sp³-hybridized carbons (Fsp3) is 0.286. The molecule has 0 unspecified atom stereocenters. The van der Waals surface area contributed by atoms with Gasteiger partial charge in [-0.15, -0.1) is 0 Å². The highest BCUT2D eigenvalue weighted by atomic mass is 16.7. The molecule has 0 aliphatic carbocycles. The molecule has 0 fully saturated rings. The summed E-state index contributed by atoms with van der Waals surface area (Å²) in [5.74, 6) is -0.670. The van der Waals surface area contributed by atoms with Crippen LogP contribution in [0, 0.1) is 6.92 Å². The summed E-state index contributed by atoms with van der Waals surface area (Å²) in [5.41, 5.74) is 3.84. The van der Waals surface area contributed by atoms with Crippen LogP contribution in [0.2, 0.25) is 0 Å². The molecule has 1 heterocycles. The first-order valence-electron chi connectivity index (χ1n) is 8.84. The number of oxime groups is 1. The molecule has 134 valence electrons. The lowest BCUT2D eigenvalue weighted by molar-refractivity contribution is -0.143. The lowest BCUT2D eigenvalue weighted by Crippen LogP contribution is -2.29. The fourth-order valence-corrected chi connectivity index (χ4v) is 2.85. The fourth-order valence-electron chi connectivity index (χ4n) is 2.85. The molecule has 0 bridgehead atoms.